The maximum Gasteiger partial charge on any atom is 0.442 e. The maximum absolute atomic E-state index is 12.4. The van der Waals surface area contributed by atoms with E-state index < -0.39 is 52.2 Å². The number of carbonyl (C=O) groups is 3. The summed E-state index contributed by atoms with van der Waals surface area (Å²) in [6.07, 6.45) is 1.48. The topological polar surface area (TPSA) is 128 Å². The first-order chi connectivity index (χ1) is 13.2. The number of carboxylic acid groups (broad SMARTS) is 1. The standard InChI is InChI=1S/C13H12F3N5O4S3/c14-13(15,16)28-4-6(22)18-8-10(23)21-9(12(24)25)5(3-27-11(8)21)2-26-7-1-17-20-19-7/h1,8,11H,2-4H2,(H,18,22)(H,24,25)(H,17,19,20)/t8?,11-/m1/s1. The third-order valence-electron chi connectivity index (χ3n) is 3.72. The van der Waals surface area contributed by atoms with Gasteiger partial charge >= 0.3 is 11.5 Å². The van der Waals surface area contributed by atoms with Crippen LogP contribution >= 0.6 is 35.3 Å². The molecular formula is C13H12F3N5O4S3. The summed E-state index contributed by atoms with van der Waals surface area (Å²) < 4.78 is 36.5. The largest absolute Gasteiger partial charge is 0.477 e. The van der Waals surface area contributed by atoms with E-state index in [1.54, 1.807) is 0 Å². The molecule has 0 aromatic carbocycles. The molecule has 0 spiro atoms. The summed E-state index contributed by atoms with van der Waals surface area (Å²) in [5, 5.41) is 21.6. The van der Waals surface area contributed by atoms with Crippen LogP contribution in [-0.2, 0) is 14.4 Å². The second-order valence-electron chi connectivity index (χ2n) is 5.54. The van der Waals surface area contributed by atoms with Gasteiger partial charge in [-0.05, 0) is 17.3 Å². The molecule has 15 heteroatoms. The van der Waals surface area contributed by atoms with Crippen LogP contribution in [0.5, 0.6) is 0 Å². The molecule has 1 fully saturated rings. The van der Waals surface area contributed by atoms with Crippen molar-refractivity contribution < 1.29 is 32.7 Å². The molecule has 2 amide bonds. The molecule has 3 N–H and O–H groups in total. The van der Waals surface area contributed by atoms with Crippen molar-refractivity contribution in [2.75, 3.05) is 17.3 Å². The molecule has 28 heavy (non-hydrogen) atoms. The zero-order chi connectivity index (χ0) is 20.5. The Balaban J connectivity index is 1.65. The minimum absolute atomic E-state index is 0.167. The van der Waals surface area contributed by atoms with Gasteiger partial charge in [0.1, 0.15) is 22.1 Å². The monoisotopic (exact) mass is 455 g/mol. The quantitative estimate of drug-likeness (QED) is 0.406. The average Bonchev–Trinajstić information content (AvgIpc) is 3.14. The highest BCUT2D eigenvalue weighted by molar-refractivity contribution is 8.01. The number of aromatic amines is 1. The fraction of sp³-hybridized carbons (Fsp3) is 0.462. The first-order valence-electron chi connectivity index (χ1n) is 7.56. The summed E-state index contributed by atoms with van der Waals surface area (Å²) in [6.45, 7) is 0. The average molecular weight is 455 g/mol. The molecule has 2 aliphatic rings. The molecule has 0 saturated carbocycles. The van der Waals surface area contributed by atoms with Crippen LogP contribution < -0.4 is 5.32 Å². The van der Waals surface area contributed by atoms with E-state index in [9.17, 15) is 32.7 Å². The smallest absolute Gasteiger partial charge is 0.442 e. The van der Waals surface area contributed by atoms with Gasteiger partial charge in [-0.15, -0.1) is 16.9 Å². The molecule has 2 atom stereocenters. The Labute approximate surface area is 168 Å². The maximum atomic E-state index is 12.4. The normalized spacial score (nSPS) is 22.0. The Morgan fingerprint density at radius 3 is 2.82 bits per heavy atom. The third kappa shape index (κ3) is 4.57. The second kappa shape index (κ2) is 8.24. The number of thioether (sulfide) groups is 3. The Morgan fingerprint density at radius 1 is 1.46 bits per heavy atom. The number of amides is 2. The highest BCUT2D eigenvalue weighted by Gasteiger charge is 2.54. The molecule has 3 rings (SSSR count). The number of nitrogens with zero attached hydrogens (tertiary/aromatic N) is 3. The van der Waals surface area contributed by atoms with E-state index in [4.69, 9.17) is 0 Å². The number of aliphatic carboxylic acids is 1. The fourth-order valence-corrected chi connectivity index (χ4v) is 5.23. The molecule has 2 aliphatic heterocycles. The van der Waals surface area contributed by atoms with Crippen molar-refractivity contribution in [2.24, 2.45) is 0 Å². The van der Waals surface area contributed by atoms with Gasteiger partial charge in [0.25, 0.3) is 5.91 Å². The number of alkyl halides is 3. The molecule has 0 radical (unpaired) electrons. The number of hydrogen-bond acceptors (Lipinski definition) is 8. The molecule has 1 aromatic rings. The van der Waals surface area contributed by atoms with Gasteiger partial charge in [-0.1, -0.05) is 11.8 Å². The number of carbonyl (C=O) groups excluding carboxylic acids is 2. The molecule has 9 nitrogen and oxygen atoms in total. The van der Waals surface area contributed by atoms with Crippen molar-refractivity contribution in [3.8, 4) is 0 Å². The van der Waals surface area contributed by atoms with Gasteiger partial charge in [0, 0.05) is 11.5 Å². The van der Waals surface area contributed by atoms with Crippen LogP contribution in [-0.4, -0.2) is 77.4 Å². The van der Waals surface area contributed by atoms with Gasteiger partial charge in [-0.3, -0.25) is 14.5 Å². The van der Waals surface area contributed by atoms with E-state index in [-0.39, 0.29) is 11.4 Å². The number of fused-ring (bicyclic) bond motifs is 1. The van der Waals surface area contributed by atoms with E-state index in [2.05, 4.69) is 20.7 Å². The Morgan fingerprint density at radius 2 is 2.21 bits per heavy atom. The van der Waals surface area contributed by atoms with E-state index in [1.807, 2.05) is 0 Å². The number of β-lactam (4-membered cyclic amide) rings is 1. The van der Waals surface area contributed by atoms with Gasteiger partial charge in [0.2, 0.25) is 5.91 Å². The molecule has 0 aliphatic carbocycles. The van der Waals surface area contributed by atoms with Crippen molar-refractivity contribution in [1.82, 2.24) is 25.6 Å². The Kier molecular flexibility index (Phi) is 6.14. The molecular weight excluding hydrogens is 443 g/mol. The van der Waals surface area contributed by atoms with Crippen molar-refractivity contribution in [3.05, 3.63) is 17.5 Å². The SMILES string of the molecule is O=C(CSC(F)(F)F)NC1C(=O)N2C(C(=O)O)=C(CSc3cn[nH]n3)CS[C@H]12. The van der Waals surface area contributed by atoms with Gasteiger partial charge in [-0.25, -0.2) is 4.79 Å². The zero-order valence-corrected chi connectivity index (χ0v) is 16.2. The molecule has 152 valence electrons. The Hall–Kier alpha value is -1.87. The third-order valence-corrected chi connectivity index (χ3v) is 6.78. The van der Waals surface area contributed by atoms with Crippen LogP contribution in [0.4, 0.5) is 13.2 Å². The van der Waals surface area contributed by atoms with Crippen molar-refractivity contribution >= 4 is 53.1 Å². The first kappa shape index (κ1) is 20.9. The lowest BCUT2D eigenvalue weighted by Gasteiger charge is -2.49. The lowest BCUT2D eigenvalue weighted by molar-refractivity contribution is -0.150. The lowest BCUT2D eigenvalue weighted by atomic mass is 10.0. The van der Waals surface area contributed by atoms with Gasteiger partial charge in [0.15, 0.2) is 0 Å². The summed E-state index contributed by atoms with van der Waals surface area (Å²) in [5.41, 5.74) is -4.21. The lowest BCUT2D eigenvalue weighted by Crippen LogP contribution is -2.70. The number of halogens is 3. The van der Waals surface area contributed by atoms with Crippen LogP contribution in [0.1, 0.15) is 0 Å². The van der Waals surface area contributed by atoms with Gasteiger partial charge < -0.3 is 10.4 Å². The summed E-state index contributed by atoms with van der Waals surface area (Å²) in [6, 6.07) is -1.05. The summed E-state index contributed by atoms with van der Waals surface area (Å²) in [4.78, 5) is 36.8. The van der Waals surface area contributed by atoms with Crippen LogP contribution in [0.3, 0.4) is 0 Å². The van der Waals surface area contributed by atoms with E-state index in [0.29, 0.717) is 16.4 Å². The van der Waals surface area contributed by atoms with Crippen LogP contribution in [0.25, 0.3) is 0 Å². The van der Waals surface area contributed by atoms with E-state index >= 15 is 0 Å². The number of aromatic nitrogens is 3. The molecule has 1 unspecified atom stereocenters. The van der Waals surface area contributed by atoms with Gasteiger partial charge in [-0.2, -0.15) is 23.5 Å². The summed E-state index contributed by atoms with van der Waals surface area (Å²) >= 11 is 1.98. The highest BCUT2D eigenvalue weighted by Crippen LogP contribution is 2.41. The van der Waals surface area contributed by atoms with E-state index in [0.717, 1.165) is 4.90 Å². The molecule has 0 bridgehead atoms. The minimum Gasteiger partial charge on any atom is -0.477 e. The first-order valence-corrected chi connectivity index (χ1v) is 10.6. The van der Waals surface area contributed by atoms with Crippen molar-refractivity contribution in [2.45, 2.75) is 22.0 Å². The number of hydrogen-bond donors (Lipinski definition) is 3. The van der Waals surface area contributed by atoms with Gasteiger partial charge in [0.05, 0.1) is 11.9 Å². The predicted molar refractivity (Wildman–Crippen MR) is 95.3 cm³/mol. The number of rotatable bonds is 7. The summed E-state index contributed by atoms with van der Waals surface area (Å²) in [7, 11) is 0. The fourth-order valence-electron chi connectivity index (χ4n) is 2.58. The number of nitrogens with one attached hydrogen (secondary N) is 2. The number of carboxylic acids is 1. The Bertz CT molecular complexity index is 817. The molecule has 3 heterocycles. The molecule has 1 saturated heterocycles. The number of H-pyrrole nitrogens is 1. The summed E-state index contributed by atoms with van der Waals surface area (Å²) in [5.74, 6) is -3.18. The predicted octanol–water partition coefficient (Wildman–Crippen LogP) is 0.888. The minimum atomic E-state index is -4.55. The van der Waals surface area contributed by atoms with Crippen LogP contribution in [0, 0.1) is 0 Å². The van der Waals surface area contributed by atoms with Crippen molar-refractivity contribution in [3.63, 3.8) is 0 Å². The van der Waals surface area contributed by atoms with Crippen LogP contribution in [0.2, 0.25) is 0 Å². The van der Waals surface area contributed by atoms with Crippen LogP contribution in [0.15, 0.2) is 22.5 Å². The zero-order valence-electron chi connectivity index (χ0n) is 13.7. The molecule has 1 aromatic heterocycles. The van der Waals surface area contributed by atoms with Crippen molar-refractivity contribution in [1.29, 1.82) is 0 Å². The highest BCUT2D eigenvalue weighted by atomic mass is 32.2. The van der Waals surface area contributed by atoms with E-state index in [1.165, 1.54) is 29.7 Å². The second-order valence-corrected chi connectivity index (χ2v) is 8.68.